The Morgan fingerprint density at radius 2 is 2.50 bits per heavy atom. The maximum Gasteiger partial charge on any atom is 0.325 e. The molecule has 0 spiro atoms. The van der Waals surface area contributed by atoms with Gasteiger partial charge in [0.1, 0.15) is 0 Å². The van der Waals surface area contributed by atoms with Crippen LogP contribution in [0.4, 0.5) is 4.79 Å². The molecule has 5 nitrogen and oxygen atoms in total. The Bertz CT molecular complexity index is 426. The van der Waals surface area contributed by atoms with Crippen LogP contribution in [0.3, 0.4) is 0 Å². The SMILES string of the molecule is C=C1C2Cc3nc[nH]c3CN2C(=O)N1CC. The lowest BCUT2D eigenvalue weighted by Gasteiger charge is -2.27. The van der Waals surface area contributed by atoms with Crippen LogP contribution >= 0.6 is 0 Å². The first-order valence-electron chi connectivity index (χ1n) is 5.50. The molecule has 3 heterocycles. The van der Waals surface area contributed by atoms with E-state index >= 15 is 0 Å². The average Bonchev–Trinajstić information content (AvgIpc) is 2.82. The Labute approximate surface area is 93.8 Å². The second kappa shape index (κ2) is 3.10. The molecule has 5 heteroatoms. The van der Waals surface area contributed by atoms with Crippen LogP contribution in [0.15, 0.2) is 18.6 Å². The summed E-state index contributed by atoms with van der Waals surface area (Å²) in [5.74, 6) is 0. The van der Waals surface area contributed by atoms with E-state index in [0.29, 0.717) is 13.1 Å². The molecule has 2 aliphatic heterocycles. The Morgan fingerprint density at radius 3 is 3.25 bits per heavy atom. The number of rotatable bonds is 1. The van der Waals surface area contributed by atoms with Crippen molar-refractivity contribution < 1.29 is 4.79 Å². The number of urea groups is 1. The zero-order valence-electron chi connectivity index (χ0n) is 9.23. The van der Waals surface area contributed by atoms with E-state index in [-0.39, 0.29) is 12.1 Å². The van der Waals surface area contributed by atoms with E-state index in [0.717, 1.165) is 23.5 Å². The molecule has 1 aromatic rings. The maximum atomic E-state index is 12.1. The molecule has 1 atom stereocenters. The van der Waals surface area contributed by atoms with Gasteiger partial charge in [0.05, 0.1) is 30.3 Å². The molecule has 2 amide bonds. The number of carbonyl (C=O) groups is 1. The number of nitrogens with one attached hydrogen (secondary N) is 1. The minimum atomic E-state index is 0.0674. The highest BCUT2D eigenvalue weighted by Crippen LogP contribution is 2.32. The van der Waals surface area contributed by atoms with Crippen LogP contribution in [0, 0.1) is 0 Å². The molecule has 0 saturated carbocycles. The van der Waals surface area contributed by atoms with Crippen molar-refractivity contribution >= 4 is 6.03 Å². The summed E-state index contributed by atoms with van der Waals surface area (Å²) in [7, 11) is 0. The first-order valence-corrected chi connectivity index (χ1v) is 5.50. The molecule has 2 aliphatic rings. The predicted molar refractivity (Wildman–Crippen MR) is 58.5 cm³/mol. The summed E-state index contributed by atoms with van der Waals surface area (Å²) in [5.41, 5.74) is 3.02. The molecule has 1 N–H and O–H groups in total. The molecule has 3 rings (SSSR count). The lowest BCUT2D eigenvalue weighted by atomic mass is 10.0. The van der Waals surface area contributed by atoms with Crippen LogP contribution in [0.1, 0.15) is 18.3 Å². The van der Waals surface area contributed by atoms with Crippen molar-refractivity contribution in [1.82, 2.24) is 19.8 Å². The Balaban J connectivity index is 1.98. The number of imidazole rings is 1. The fourth-order valence-electron chi connectivity index (χ4n) is 2.53. The topological polar surface area (TPSA) is 52.2 Å². The normalized spacial score (nSPS) is 23.7. The number of likely N-dealkylation sites (N-methyl/N-ethyl adjacent to an activating group) is 1. The van der Waals surface area contributed by atoms with Crippen LogP contribution in [0.2, 0.25) is 0 Å². The van der Waals surface area contributed by atoms with E-state index in [1.807, 2.05) is 11.8 Å². The number of H-pyrrole nitrogens is 1. The molecule has 0 aromatic carbocycles. The van der Waals surface area contributed by atoms with Gasteiger partial charge in [-0.05, 0) is 6.92 Å². The maximum absolute atomic E-state index is 12.1. The number of carbonyl (C=O) groups excluding carboxylic acids is 1. The number of amides is 2. The summed E-state index contributed by atoms with van der Waals surface area (Å²) in [4.78, 5) is 23.0. The van der Waals surface area contributed by atoms with Gasteiger partial charge in [-0.25, -0.2) is 9.78 Å². The summed E-state index contributed by atoms with van der Waals surface area (Å²) in [6, 6.07) is 0.168. The van der Waals surface area contributed by atoms with Crippen LogP contribution in [-0.2, 0) is 13.0 Å². The third-order valence-electron chi connectivity index (χ3n) is 3.42. The van der Waals surface area contributed by atoms with E-state index in [1.165, 1.54) is 0 Å². The molecular formula is C11H14N4O. The first-order chi connectivity index (χ1) is 7.72. The van der Waals surface area contributed by atoms with Gasteiger partial charge in [0.2, 0.25) is 0 Å². The number of nitrogens with zero attached hydrogens (tertiary/aromatic N) is 3. The van der Waals surface area contributed by atoms with Gasteiger partial charge in [0.15, 0.2) is 0 Å². The van der Waals surface area contributed by atoms with Crippen molar-refractivity contribution in [3.05, 3.63) is 30.0 Å². The quantitative estimate of drug-likeness (QED) is 0.767. The van der Waals surface area contributed by atoms with Crippen LogP contribution < -0.4 is 0 Å². The molecule has 0 aliphatic carbocycles. The number of hydrogen-bond donors (Lipinski definition) is 1. The van der Waals surface area contributed by atoms with E-state index in [9.17, 15) is 4.79 Å². The van der Waals surface area contributed by atoms with Crippen LogP contribution in [0.25, 0.3) is 0 Å². The van der Waals surface area contributed by atoms with E-state index in [2.05, 4.69) is 16.5 Å². The minimum Gasteiger partial charge on any atom is -0.347 e. The Kier molecular flexibility index (Phi) is 1.83. The largest absolute Gasteiger partial charge is 0.347 e. The van der Waals surface area contributed by atoms with E-state index in [1.54, 1.807) is 11.2 Å². The number of fused-ring (bicyclic) bond motifs is 2. The molecule has 1 saturated heterocycles. The standard InChI is InChI=1S/C11H14N4O/c1-3-14-7(2)10-4-8-9(13-6-12-8)5-15(10)11(14)16/h6,10H,2-5H2,1H3,(H,12,13). The number of aromatic amines is 1. The Hall–Kier alpha value is -1.78. The van der Waals surface area contributed by atoms with Crippen molar-refractivity contribution in [1.29, 1.82) is 0 Å². The monoisotopic (exact) mass is 218 g/mol. The summed E-state index contributed by atoms with van der Waals surface area (Å²) in [6.07, 6.45) is 2.47. The second-order valence-corrected chi connectivity index (χ2v) is 4.19. The van der Waals surface area contributed by atoms with Gasteiger partial charge in [-0.2, -0.15) is 0 Å². The van der Waals surface area contributed by atoms with Gasteiger partial charge in [-0.1, -0.05) is 6.58 Å². The Morgan fingerprint density at radius 1 is 1.69 bits per heavy atom. The molecule has 16 heavy (non-hydrogen) atoms. The van der Waals surface area contributed by atoms with Gasteiger partial charge in [0, 0.05) is 18.7 Å². The molecule has 0 radical (unpaired) electrons. The van der Waals surface area contributed by atoms with Gasteiger partial charge in [-0.3, -0.25) is 4.90 Å². The zero-order chi connectivity index (χ0) is 11.3. The predicted octanol–water partition coefficient (Wildman–Crippen LogP) is 1.11. The highest BCUT2D eigenvalue weighted by molar-refractivity contribution is 5.81. The molecule has 1 fully saturated rings. The average molecular weight is 218 g/mol. The number of hydrogen-bond acceptors (Lipinski definition) is 2. The molecule has 1 unspecified atom stereocenters. The van der Waals surface area contributed by atoms with Crippen LogP contribution in [-0.4, -0.2) is 38.4 Å². The van der Waals surface area contributed by atoms with E-state index in [4.69, 9.17) is 0 Å². The van der Waals surface area contributed by atoms with Crippen molar-refractivity contribution in [2.45, 2.75) is 25.9 Å². The van der Waals surface area contributed by atoms with Crippen molar-refractivity contribution in [2.75, 3.05) is 6.54 Å². The summed E-state index contributed by atoms with van der Waals surface area (Å²) in [5, 5.41) is 0. The smallest absolute Gasteiger partial charge is 0.325 e. The zero-order valence-corrected chi connectivity index (χ0v) is 9.23. The third kappa shape index (κ3) is 1.05. The lowest BCUT2D eigenvalue weighted by molar-refractivity contribution is 0.181. The van der Waals surface area contributed by atoms with Crippen molar-refractivity contribution in [2.24, 2.45) is 0 Å². The molecule has 0 bridgehead atoms. The molecule has 1 aromatic heterocycles. The van der Waals surface area contributed by atoms with Crippen LogP contribution in [0.5, 0.6) is 0 Å². The summed E-state index contributed by atoms with van der Waals surface area (Å²) in [6.45, 7) is 7.30. The fourth-order valence-corrected chi connectivity index (χ4v) is 2.53. The highest BCUT2D eigenvalue weighted by Gasteiger charge is 2.43. The third-order valence-corrected chi connectivity index (χ3v) is 3.42. The van der Waals surface area contributed by atoms with E-state index < -0.39 is 0 Å². The highest BCUT2D eigenvalue weighted by atomic mass is 16.2. The van der Waals surface area contributed by atoms with Gasteiger partial charge in [-0.15, -0.1) is 0 Å². The van der Waals surface area contributed by atoms with Gasteiger partial charge in [0.25, 0.3) is 0 Å². The second-order valence-electron chi connectivity index (χ2n) is 4.19. The van der Waals surface area contributed by atoms with Gasteiger partial charge >= 0.3 is 6.03 Å². The van der Waals surface area contributed by atoms with Crippen molar-refractivity contribution in [3.8, 4) is 0 Å². The number of aromatic nitrogens is 2. The first kappa shape index (κ1) is 9.45. The summed E-state index contributed by atoms with van der Waals surface area (Å²) >= 11 is 0. The van der Waals surface area contributed by atoms with Crippen molar-refractivity contribution in [3.63, 3.8) is 0 Å². The van der Waals surface area contributed by atoms with Gasteiger partial charge < -0.3 is 9.88 Å². The molecular weight excluding hydrogens is 204 g/mol. The fraction of sp³-hybridized carbons (Fsp3) is 0.455. The minimum absolute atomic E-state index is 0.0674. The molecule has 84 valence electrons. The summed E-state index contributed by atoms with van der Waals surface area (Å²) < 4.78 is 0. The lowest BCUT2D eigenvalue weighted by Crippen LogP contribution is -2.38.